The molecule has 0 spiro atoms. The van der Waals surface area contributed by atoms with Gasteiger partial charge in [0.05, 0.1) is 12.1 Å². The largest absolute Gasteiger partial charge is 0.383 e. The highest BCUT2D eigenvalue weighted by molar-refractivity contribution is 5.23. The van der Waals surface area contributed by atoms with Gasteiger partial charge in [-0.3, -0.25) is 4.57 Å². The second-order valence-corrected chi connectivity index (χ2v) is 4.52. The number of nitrogens with zero attached hydrogens (tertiary/aromatic N) is 3. The van der Waals surface area contributed by atoms with E-state index in [1.54, 1.807) is 0 Å². The highest BCUT2D eigenvalue weighted by Crippen LogP contribution is 2.34. The predicted molar refractivity (Wildman–Crippen MR) is 65.3 cm³/mol. The second kappa shape index (κ2) is 5.24. The van der Waals surface area contributed by atoms with E-state index in [1.807, 2.05) is 6.92 Å². The van der Waals surface area contributed by atoms with Crippen LogP contribution < -0.4 is 11.4 Å². The van der Waals surface area contributed by atoms with Crippen molar-refractivity contribution in [3.63, 3.8) is 0 Å². The van der Waals surface area contributed by atoms with Crippen LogP contribution in [-0.2, 0) is 4.74 Å². The van der Waals surface area contributed by atoms with Crippen molar-refractivity contribution in [2.24, 2.45) is 0 Å². The summed E-state index contributed by atoms with van der Waals surface area (Å²) < 4.78 is 20.9. The topological polar surface area (TPSA) is 93.6 Å². The molecule has 0 radical (unpaired) electrons. The number of hydrogen-bond donors (Lipinski definition) is 2. The molecule has 0 aromatic carbocycles. The molecule has 0 saturated carbocycles. The van der Waals surface area contributed by atoms with Gasteiger partial charge in [0.1, 0.15) is 5.82 Å². The number of rotatable bonds is 3. The van der Waals surface area contributed by atoms with Crippen LogP contribution in [0.15, 0.2) is 17.1 Å². The molecule has 3 N–H and O–H groups in total. The summed E-state index contributed by atoms with van der Waals surface area (Å²) in [5.41, 5.74) is 4.71. The van der Waals surface area contributed by atoms with Gasteiger partial charge in [0, 0.05) is 13.2 Å². The van der Waals surface area contributed by atoms with Crippen molar-refractivity contribution in [3.05, 3.63) is 22.7 Å². The van der Waals surface area contributed by atoms with Gasteiger partial charge in [-0.1, -0.05) is 6.92 Å². The van der Waals surface area contributed by atoms with E-state index in [0.717, 1.165) is 9.63 Å². The van der Waals surface area contributed by atoms with Crippen molar-refractivity contribution < 1.29 is 14.3 Å². The molecule has 0 bridgehead atoms. The number of likely N-dealkylation sites (N-methyl/N-ethyl adjacent to an activating group) is 1. The zero-order valence-corrected chi connectivity index (χ0v) is 10.7. The van der Waals surface area contributed by atoms with Crippen LogP contribution in [0.1, 0.15) is 19.6 Å². The summed E-state index contributed by atoms with van der Waals surface area (Å²) >= 11 is 0. The number of hydrogen-bond acceptors (Lipinski definition) is 6. The Balaban J connectivity index is 2.34. The Morgan fingerprint density at radius 2 is 2.37 bits per heavy atom. The maximum Gasteiger partial charge on any atom is 0.351 e. The quantitative estimate of drug-likeness (QED) is 0.761. The molecule has 1 aromatic rings. The van der Waals surface area contributed by atoms with Crippen LogP contribution in [-0.4, -0.2) is 45.2 Å². The molecule has 1 fully saturated rings. The van der Waals surface area contributed by atoms with Crippen molar-refractivity contribution in [1.82, 2.24) is 14.6 Å². The fraction of sp³-hybridized carbons (Fsp3) is 0.636. The summed E-state index contributed by atoms with van der Waals surface area (Å²) in [6.45, 7) is 1.82. The van der Waals surface area contributed by atoms with Gasteiger partial charge in [-0.25, -0.2) is 9.18 Å². The minimum absolute atomic E-state index is 0.0672. The van der Waals surface area contributed by atoms with E-state index in [2.05, 4.69) is 4.98 Å². The molecule has 7 nitrogen and oxygen atoms in total. The number of alkyl halides is 1. The number of nitrogen functional groups attached to an aromatic ring is 1. The summed E-state index contributed by atoms with van der Waals surface area (Å²) in [5.74, 6) is 0.0672. The Hall–Kier alpha value is -1.51. The van der Waals surface area contributed by atoms with E-state index >= 15 is 0 Å². The molecule has 2 heterocycles. The lowest BCUT2D eigenvalue weighted by Crippen LogP contribution is -2.42. The van der Waals surface area contributed by atoms with Crippen LogP contribution in [0.5, 0.6) is 0 Å². The zero-order chi connectivity index (χ0) is 14.2. The number of halogens is 1. The number of anilines is 1. The first-order valence-corrected chi connectivity index (χ1v) is 6.01. The van der Waals surface area contributed by atoms with Gasteiger partial charge in [-0.05, 0) is 12.5 Å². The Kier molecular flexibility index (Phi) is 3.83. The summed E-state index contributed by atoms with van der Waals surface area (Å²) in [7, 11) is 1.36. The van der Waals surface area contributed by atoms with Gasteiger partial charge in [-0.2, -0.15) is 10.0 Å². The Bertz CT molecular complexity index is 507. The molecule has 4 atom stereocenters. The van der Waals surface area contributed by atoms with E-state index < -0.39 is 30.2 Å². The van der Waals surface area contributed by atoms with Gasteiger partial charge in [0.15, 0.2) is 12.4 Å². The lowest BCUT2D eigenvalue weighted by atomic mass is 10.1. The molecule has 2 rings (SSSR count). The molecule has 0 amide bonds. The summed E-state index contributed by atoms with van der Waals surface area (Å²) in [6.07, 6.45) is -1.29. The minimum atomic E-state index is -1.54. The minimum Gasteiger partial charge on any atom is -0.383 e. The zero-order valence-electron chi connectivity index (χ0n) is 10.7. The third-order valence-electron chi connectivity index (χ3n) is 3.25. The molecule has 1 aromatic heterocycles. The molecular weight excluding hydrogens is 255 g/mol. The maximum atomic E-state index is 14.4. The van der Waals surface area contributed by atoms with Crippen LogP contribution >= 0.6 is 0 Å². The van der Waals surface area contributed by atoms with Crippen LogP contribution in [0.3, 0.4) is 0 Å². The lowest BCUT2D eigenvalue weighted by Gasteiger charge is -2.23. The Morgan fingerprint density at radius 3 is 2.84 bits per heavy atom. The SMILES string of the molecule is CCC1O[C@@H](n2ccc(N)nc2=O)[C@@H](F)C1N(C)O. The number of hydroxylamine groups is 2. The molecule has 1 aliphatic heterocycles. The fourth-order valence-corrected chi connectivity index (χ4v) is 2.33. The second-order valence-electron chi connectivity index (χ2n) is 4.52. The van der Waals surface area contributed by atoms with E-state index in [4.69, 9.17) is 10.5 Å². The molecule has 1 aliphatic rings. The monoisotopic (exact) mass is 272 g/mol. The number of nitrogens with two attached hydrogens (primary N) is 1. The van der Waals surface area contributed by atoms with Crippen LogP contribution in [0.25, 0.3) is 0 Å². The van der Waals surface area contributed by atoms with Gasteiger partial charge in [-0.15, -0.1) is 0 Å². The average Bonchev–Trinajstić information content (AvgIpc) is 2.66. The van der Waals surface area contributed by atoms with Gasteiger partial charge < -0.3 is 15.7 Å². The van der Waals surface area contributed by atoms with E-state index in [0.29, 0.717) is 6.42 Å². The van der Waals surface area contributed by atoms with Crippen molar-refractivity contribution in [2.75, 3.05) is 12.8 Å². The lowest BCUT2D eigenvalue weighted by molar-refractivity contribution is -0.129. The Labute approximate surface area is 109 Å². The molecule has 1 saturated heterocycles. The fourth-order valence-electron chi connectivity index (χ4n) is 2.33. The summed E-state index contributed by atoms with van der Waals surface area (Å²) in [6, 6.07) is 0.577. The summed E-state index contributed by atoms with van der Waals surface area (Å²) in [4.78, 5) is 15.2. The standard InChI is InChI=1S/C11H17FN4O3/c1-3-6-9(15(2)18)8(12)10(19-6)16-5-4-7(13)14-11(16)17/h4-6,8-10,18H,3H2,1-2H3,(H2,13,14,17)/t6?,8-,9?,10+/m0/s1. The van der Waals surface area contributed by atoms with Crippen LogP contribution in [0.4, 0.5) is 10.2 Å². The number of ether oxygens (including phenoxy) is 1. The van der Waals surface area contributed by atoms with Crippen molar-refractivity contribution in [3.8, 4) is 0 Å². The molecule has 8 heteroatoms. The van der Waals surface area contributed by atoms with Crippen molar-refractivity contribution >= 4 is 5.82 Å². The first kappa shape index (κ1) is 13.9. The average molecular weight is 272 g/mol. The number of aromatic nitrogens is 2. The predicted octanol–water partition coefficient (Wildman–Crippen LogP) is 0.161. The van der Waals surface area contributed by atoms with E-state index in [9.17, 15) is 14.4 Å². The van der Waals surface area contributed by atoms with Crippen LogP contribution in [0, 0.1) is 0 Å². The van der Waals surface area contributed by atoms with Crippen molar-refractivity contribution in [1.29, 1.82) is 0 Å². The molecule has 106 valence electrons. The molecule has 2 unspecified atom stereocenters. The first-order valence-electron chi connectivity index (χ1n) is 6.01. The Morgan fingerprint density at radius 1 is 1.68 bits per heavy atom. The molecule has 19 heavy (non-hydrogen) atoms. The van der Waals surface area contributed by atoms with Crippen molar-refractivity contribution in [2.45, 2.75) is 37.9 Å². The van der Waals surface area contributed by atoms with E-state index in [-0.39, 0.29) is 5.82 Å². The van der Waals surface area contributed by atoms with Gasteiger partial charge >= 0.3 is 5.69 Å². The van der Waals surface area contributed by atoms with Gasteiger partial charge in [0.2, 0.25) is 0 Å². The summed E-state index contributed by atoms with van der Waals surface area (Å²) in [5, 5.41) is 10.3. The molecule has 0 aliphatic carbocycles. The van der Waals surface area contributed by atoms with Gasteiger partial charge in [0.25, 0.3) is 0 Å². The smallest absolute Gasteiger partial charge is 0.351 e. The van der Waals surface area contributed by atoms with E-state index in [1.165, 1.54) is 19.3 Å². The van der Waals surface area contributed by atoms with Crippen LogP contribution in [0.2, 0.25) is 0 Å². The highest BCUT2D eigenvalue weighted by atomic mass is 19.1. The third-order valence-corrected chi connectivity index (χ3v) is 3.25. The maximum absolute atomic E-state index is 14.4. The normalized spacial score (nSPS) is 31.0. The molecular formula is C11H17FN4O3. The first-order chi connectivity index (χ1) is 8.95. The highest BCUT2D eigenvalue weighted by Gasteiger charge is 2.47. The third kappa shape index (κ3) is 2.46.